The molecule has 1 atom stereocenters. The highest BCUT2D eigenvalue weighted by Crippen LogP contribution is 2.41. The molecule has 88 valence electrons. The van der Waals surface area contributed by atoms with Gasteiger partial charge in [-0.3, -0.25) is 4.79 Å². The molecule has 0 bridgehead atoms. The second kappa shape index (κ2) is 4.18. The number of halogens is 1. The zero-order chi connectivity index (χ0) is 11.8. The van der Waals surface area contributed by atoms with Gasteiger partial charge in [-0.15, -0.1) is 0 Å². The molecule has 1 aromatic heterocycles. The second-order valence-electron chi connectivity index (χ2n) is 4.42. The molecule has 1 fully saturated rings. The number of rotatable bonds is 4. The number of anilines is 1. The molecule has 4 N–H and O–H groups in total. The molecule has 1 unspecified atom stereocenters. The van der Waals surface area contributed by atoms with Crippen molar-refractivity contribution in [2.24, 2.45) is 11.7 Å². The molecule has 1 saturated carbocycles. The van der Waals surface area contributed by atoms with Crippen molar-refractivity contribution in [1.29, 1.82) is 0 Å². The Bertz CT molecular complexity index is 443. The molecule has 1 aromatic rings. The highest BCUT2D eigenvalue weighted by Gasteiger charge is 2.41. The summed E-state index contributed by atoms with van der Waals surface area (Å²) in [6.07, 6.45) is 3.75. The van der Waals surface area contributed by atoms with Crippen LogP contribution in [0.15, 0.2) is 15.6 Å². The number of aromatic amines is 1. The van der Waals surface area contributed by atoms with Crippen LogP contribution in [0.5, 0.6) is 0 Å². The summed E-state index contributed by atoms with van der Waals surface area (Å²) >= 11 is 3.22. The third kappa shape index (κ3) is 2.12. The number of nitrogens with two attached hydrogens (primary N) is 1. The molecule has 0 saturated heterocycles. The topological polar surface area (TPSA) is 83.8 Å². The molecule has 1 aliphatic rings. The van der Waals surface area contributed by atoms with Gasteiger partial charge >= 0.3 is 0 Å². The second-order valence-corrected chi connectivity index (χ2v) is 5.21. The van der Waals surface area contributed by atoms with E-state index in [4.69, 9.17) is 5.73 Å². The quantitative estimate of drug-likeness (QED) is 0.773. The number of hydrogen-bond acceptors (Lipinski definition) is 4. The molecule has 6 heteroatoms. The molecule has 1 heterocycles. The number of hydrogen-bond donors (Lipinski definition) is 3. The van der Waals surface area contributed by atoms with Crippen molar-refractivity contribution in [2.45, 2.75) is 25.3 Å². The van der Waals surface area contributed by atoms with Gasteiger partial charge in [0.25, 0.3) is 5.56 Å². The van der Waals surface area contributed by atoms with Crippen molar-refractivity contribution < 1.29 is 0 Å². The van der Waals surface area contributed by atoms with Gasteiger partial charge in [0.1, 0.15) is 10.3 Å². The fourth-order valence-corrected chi connectivity index (χ4v) is 2.10. The summed E-state index contributed by atoms with van der Waals surface area (Å²) in [5.74, 6) is 1.13. The highest BCUT2D eigenvalue weighted by molar-refractivity contribution is 9.10. The van der Waals surface area contributed by atoms with Gasteiger partial charge < -0.3 is 16.0 Å². The maximum Gasteiger partial charge on any atom is 0.267 e. The minimum Gasteiger partial charge on any atom is -0.362 e. The van der Waals surface area contributed by atoms with Gasteiger partial charge in [0.15, 0.2) is 0 Å². The van der Waals surface area contributed by atoms with Gasteiger partial charge in [-0.1, -0.05) is 0 Å². The van der Waals surface area contributed by atoms with E-state index in [1.54, 1.807) is 0 Å². The van der Waals surface area contributed by atoms with Crippen LogP contribution < -0.4 is 16.6 Å². The Morgan fingerprint density at radius 2 is 2.44 bits per heavy atom. The first-order valence-corrected chi connectivity index (χ1v) is 6.07. The van der Waals surface area contributed by atoms with Crippen LogP contribution in [-0.4, -0.2) is 22.1 Å². The summed E-state index contributed by atoms with van der Waals surface area (Å²) in [6, 6.07) is 0. The zero-order valence-electron chi connectivity index (χ0n) is 9.09. The molecular weight excluding hydrogens is 272 g/mol. The summed E-state index contributed by atoms with van der Waals surface area (Å²) in [5, 5.41) is 3.27. The molecule has 16 heavy (non-hydrogen) atoms. The molecule has 0 radical (unpaired) electrons. The first kappa shape index (κ1) is 11.6. The third-order valence-corrected chi connectivity index (χ3v) is 3.84. The minimum absolute atomic E-state index is 0.177. The maximum atomic E-state index is 11.4. The van der Waals surface area contributed by atoms with Gasteiger partial charge in [0, 0.05) is 6.54 Å². The van der Waals surface area contributed by atoms with Gasteiger partial charge in [-0.25, -0.2) is 4.98 Å². The molecule has 2 rings (SSSR count). The Hall–Kier alpha value is -0.880. The Balaban J connectivity index is 2.25. The maximum absolute atomic E-state index is 11.4. The summed E-state index contributed by atoms with van der Waals surface area (Å²) in [7, 11) is 0. The first-order chi connectivity index (χ1) is 7.57. The third-order valence-electron chi connectivity index (χ3n) is 3.10. The van der Waals surface area contributed by atoms with E-state index in [0.29, 0.717) is 22.8 Å². The number of aromatic nitrogens is 2. The molecule has 0 spiro atoms. The summed E-state index contributed by atoms with van der Waals surface area (Å²) in [4.78, 5) is 18.0. The van der Waals surface area contributed by atoms with E-state index in [-0.39, 0.29) is 11.1 Å². The Labute approximate surface area is 102 Å². The normalized spacial score (nSPS) is 19.2. The van der Waals surface area contributed by atoms with Crippen LogP contribution in [0, 0.1) is 5.92 Å². The lowest BCUT2D eigenvalue weighted by atomic mass is 9.96. The lowest BCUT2D eigenvalue weighted by Gasteiger charge is -2.30. The Morgan fingerprint density at radius 1 is 1.75 bits per heavy atom. The van der Waals surface area contributed by atoms with Gasteiger partial charge in [-0.2, -0.15) is 0 Å². The van der Waals surface area contributed by atoms with Crippen LogP contribution in [0.1, 0.15) is 19.8 Å². The molecule has 0 amide bonds. The van der Waals surface area contributed by atoms with E-state index in [0.717, 1.165) is 0 Å². The van der Waals surface area contributed by atoms with Crippen molar-refractivity contribution in [2.75, 3.05) is 11.9 Å². The number of nitrogens with zero attached hydrogens (tertiary/aromatic N) is 1. The van der Waals surface area contributed by atoms with Crippen molar-refractivity contribution >= 4 is 21.7 Å². The van der Waals surface area contributed by atoms with Crippen LogP contribution in [0.3, 0.4) is 0 Å². The predicted octanol–water partition coefficient (Wildman–Crippen LogP) is 1.07. The fourth-order valence-electron chi connectivity index (χ4n) is 1.78. The average Bonchev–Trinajstić information content (AvgIpc) is 3.08. The van der Waals surface area contributed by atoms with E-state index >= 15 is 0 Å². The lowest BCUT2D eigenvalue weighted by Crippen LogP contribution is -2.45. The van der Waals surface area contributed by atoms with Crippen molar-refractivity contribution in [3.05, 3.63) is 21.2 Å². The van der Waals surface area contributed by atoms with E-state index in [9.17, 15) is 4.79 Å². The van der Waals surface area contributed by atoms with Crippen LogP contribution in [0.25, 0.3) is 0 Å². The van der Waals surface area contributed by atoms with Gasteiger partial charge in [0.2, 0.25) is 0 Å². The standard InChI is InChI=1S/C10H15BrN4O/c1-10(4-12,6-2-3-6)15-8-7(11)9(16)14-5-13-8/h5-6H,2-4,12H2,1H3,(H2,13,14,15,16). The molecule has 0 aliphatic heterocycles. The lowest BCUT2D eigenvalue weighted by molar-refractivity contribution is 0.457. The Kier molecular flexibility index (Phi) is 3.03. The van der Waals surface area contributed by atoms with Crippen LogP contribution in [0.2, 0.25) is 0 Å². The summed E-state index contributed by atoms with van der Waals surface area (Å²) in [6.45, 7) is 2.60. The van der Waals surface area contributed by atoms with Gasteiger partial charge in [0.05, 0.1) is 11.9 Å². The summed E-state index contributed by atoms with van der Waals surface area (Å²) < 4.78 is 0.426. The monoisotopic (exact) mass is 286 g/mol. The van der Waals surface area contributed by atoms with E-state index in [1.165, 1.54) is 19.2 Å². The van der Waals surface area contributed by atoms with Crippen molar-refractivity contribution in [3.8, 4) is 0 Å². The van der Waals surface area contributed by atoms with Crippen molar-refractivity contribution in [3.63, 3.8) is 0 Å². The predicted molar refractivity (Wildman–Crippen MR) is 66.4 cm³/mol. The molecule has 1 aliphatic carbocycles. The van der Waals surface area contributed by atoms with Gasteiger partial charge in [-0.05, 0) is 41.6 Å². The number of nitrogens with one attached hydrogen (secondary N) is 2. The molecular formula is C10H15BrN4O. The molecule has 0 aromatic carbocycles. The average molecular weight is 287 g/mol. The number of H-pyrrole nitrogens is 1. The van der Waals surface area contributed by atoms with E-state index in [2.05, 4.69) is 38.1 Å². The van der Waals surface area contributed by atoms with Crippen LogP contribution in [-0.2, 0) is 0 Å². The smallest absolute Gasteiger partial charge is 0.267 e. The van der Waals surface area contributed by atoms with Crippen LogP contribution >= 0.6 is 15.9 Å². The van der Waals surface area contributed by atoms with E-state index in [1.807, 2.05) is 0 Å². The van der Waals surface area contributed by atoms with E-state index < -0.39 is 0 Å². The largest absolute Gasteiger partial charge is 0.362 e. The zero-order valence-corrected chi connectivity index (χ0v) is 10.7. The summed E-state index contributed by atoms with van der Waals surface area (Å²) in [5.41, 5.74) is 5.43. The SMILES string of the molecule is CC(CN)(Nc1nc[nH]c(=O)c1Br)C1CC1. The minimum atomic E-state index is -0.187. The first-order valence-electron chi connectivity index (χ1n) is 5.28. The van der Waals surface area contributed by atoms with Crippen molar-refractivity contribution in [1.82, 2.24) is 9.97 Å². The van der Waals surface area contributed by atoms with Crippen LogP contribution in [0.4, 0.5) is 5.82 Å². The fraction of sp³-hybridized carbons (Fsp3) is 0.600. The highest BCUT2D eigenvalue weighted by atomic mass is 79.9. The Morgan fingerprint density at radius 3 is 3.00 bits per heavy atom. The molecule has 5 nitrogen and oxygen atoms in total.